The minimum atomic E-state index is -0.0515. The molecule has 2 N–H and O–H groups in total. The maximum atomic E-state index is 12.7. The van der Waals surface area contributed by atoms with E-state index in [0.29, 0.717) is 31.5 Å². The third-order valence-corrected chi connectivity index (χ3v) is 4.38. The van der Waals surface area contributed by atoms with Gasteiger partial charge < -0.3 is 15.5 Å². The van der Waals surface area contributed by atoms with Gasteiger partial charge in [-0.25, -0.2) is 0 Å². The first-order valence-corrected chi connectivity index (χ1v) is 8.08. The Balaban J connectivity index is 1.69. The molecule has 23 heavy (non-hydrogen) atoms. The molecule has 3 rings (SSSR count). The lowest BCUT2D eigenvalue weighted by Crippen LogP contribution is -2.49. The van der Waals surface area contributed by atoms with E-state index in [2.05, 4.69) is 10.6 Å². The second-order valence-corrected chi connectivity index (χ2v) is 6.11. The summed E-state index contributed by atoms with van der Waals surface area (Å²) < 4.78 is 0. The number of hydrogen-bond donors (Lipinski definition) is 2. The Labute approximate surface area is 135 Å². The molecule has 122 valence electrons. The molecule has 2 heterocycles. The van der Waals surface area contributed by atoms with Gasteiger partial charge in [-0.2, -0.15) is 0 Å². The number of anilines is 1. The fourth-order valence-electron chi connectivity index (χ4n) is 3.14. The summed E-state index contributed by atoms with van der Waals surface area (Å²) >= 11 is 0. The average molecular weight is 315 g/mol. The molecule has 0 saturated carbocycles. The zero-order valence-corrected chi connectivity index (χ0v) is 13.2. The van der Waals surface area contributed by atoms with Crippen LogP contribution >= 0.6 is 0 Å². The molecule has 1 aromatic rings. The zero-order chi connectivity index (χ0) is 16.4. The molecule has 1 atom stereocenters. The average Bonchev–Trinajstić information content (AvgIpc) is 2.93. The second-order valence-electron chi connectivity index (χ2n) is 6.11. The molecule has 0 spiro atoms. The summed E-state index contributed by atoms with van der Waals surface area (Å²) in [4.78, 5) is 37.4. The van der Waals surface area contributed by atoms with Gasteiger partial charge in [0.1, 0.15) is 0 Å². The van der Waals surface area contributed by atoms with Gasteiger partial charge in [-0.3, -0.25) is 14.4 Å². The summed E-state index contributed by atoms with van der Waals surface area (Å²) in [5.74, 6) is -0.0705. The first kappa shape index (κ1) is 15.5. The fraction of sp³-hybridized carbons (Fsp3) is 0.471. The molecule has 0 bridgehead atoms. The number of nitrogens with one attached hydrogen (secondary N) is 2. The number of hydrogen-bond acceptors (Lipinski definition) is 3. The molecule has 0 aromatic heterocycles. The number of carbonyl (C=O) groups is 3. The molecular weight excluding hydrogens is 294 g/mol. The van der Waals surface area contributed by atoms with Crippen molar-refractivity contribution in [1.29, 1.82) is 0 Å². The summed E-state index contributed by atoms with van der Waals surface area (Å²) in [5.41, 5.74) is 2.24. The van der Waals surface area contributed by atoms with Gasteiger partial charge in [0.2, 0.25) is 11.8 Å². The highest BCUT2D eigenvalue weighted by Gasteiger charge is 2.26. The molecule has 3 amide bonds. The van der Waals surface area contributed by atoms with Crippen molar-refractivity contribution in [1.82, 2.24) is 10.2 Å². The Kier molecular flexibility index (Phi) is 4.32. The van der Waals surface area contributed by atoms with E-state index in [1.54, 1.807) is 17.0 Å². The molecule has 0 radical (unpaired) electrons. The van der Waals surface area contributed by atoms with Gasteiger partial charge in [-0.05, 0) is 30.5 Å². The van der Waals surface area contributed by atoms with Crippen molar-refractivity contribution in [2.75, 3.05) is 18.4 Å². The summed E-state index contributed by atoms with van der Waals surface area (Å²) in [6, 6.07) is 5.38. The second kappa shape index (κ2) is 6.40. The minimum Gasteiger partial charge on any atom is -0.352 e. The van der Waals surface area contributed by atoms with E-state index < -0.39 is 0 Å². The van der Waals surface area contributed by atoms with Crippen LogP contribution in [0.25, 0.3) is 0 Å². The number of fused-ring (bicyclic) bond motifs is 1. The molecule has 2 aliphatic rings. The van der Waals surface area contributed by atoms with E-state index in [1.165, 1.54) is 0 Å². The number of rotatable bonds is 3. The Morgan fingerprint density at radius 2 is 2.22 bits per heavy atom. The monoisotopic (exact) mass is 315 g/mol. The van der Waals surface area contributed by atoms with Gasteiger partial charge in [-0.1, -0.05) is 13.0 Å². The van der Waals surface area contributed by atoms with Gasteiger partial charge in [-0.15, -0.1) is 0 Å². The van der Waals surface area contributed by atoms with E-state index in [-0.39, 0.29) is 23.8 Å². The third-order valence-electron chi connectivity index (χ3n) is 4.38. The summed E-state index contributed by atoms with van der Waals surface area (Å²) in [7, 11) is 0. The Morgan fingerprint density at radius 3 is 3.00 bits per heavy atom. The number of nitrogens with zero attached hydrogens (tertiary/aromatic N) is 1. The molecular formula is C17H21N3O3. The quantitative estimate of drug-likeness (QED) is 0.883. The lowest BCUT2D eigenvalue weighted by molar-refractivity contribution is -0.121. The number of likely N-dealkylation sites (tertiary alicyclic amines) is 1. The Bertz CT molecular complexity index is 656. The van der Waals surface area contributed by atoms with Crippen LogP contribution < -0.4 is 10.6 Å². The molecule has 6 nitrogen and oxygen atoms in total. The van der Waals surface area contributed by atoms with Crippen molar-refractivity contribution in [3.8, 4) is 0 Å². The lowest BCUT2D eigenvalue weighted by atomic mass is 10.0. The largest absolute Gasteiger partial charge is 0.352 e. The Hall–Kier alpha value is -2.37. The predicted octanol–water partition coefficient (Wildman–Crippen LogP) is 1.31. The van der Waals surface area contributed by atoms with Crippen molar-refractivity contribution < 1.29 is 14.4 Å². The SMILES string of the molecule is CCC(=O)NC1CCCN(C(=O)c2ccc3c(c2)NC(=O)C3)C1. The first-order chi connectivity index (χ1) is 11.1. The normalized spacial score (nSPS) is 20.0. The van der Waals surface area contributed by atoms with Crippen molar-refractivity contribution in [3.05, 3.63) is 29.3 Å². The van der Waals surface area contributed by atoms with Crippen LogP contribution in [0.5, 0.6) is 0 Å². The van der Waals surface area contributed by atoms with Gasteiger partial charge in [0, 0.05) is 36.8 Å². The molecule has 2 aliphatic heterocycles. The van der Waals surface area contributed by atoms with Gasteiger partial charge in [0.05, 0.1) is 6.42 Å². The zero-order valence-electron chi connectivity index (χ0n) is 13.2. The van der Waals surface area contributed by atoms with Crippen LogP contribution in [0, 0.1) is 0 Å². The van der Waals surface area contributed by atoms with Crippen molar-refractivity contribution >= 4 is 23.4 Å². The third kappa shape index (κ3) is 3.36. The van der Waals surface area contributed by atoms with E-state index in [4.69, 9.17) is 0 Å². The topological polar surface area (TPSA) is 78.5 Å². The van der Waals surface area contributed by atoms with Crippen LogP contribution in [-0.2, 0) is 16.0 Å². The van der Waals surface area contributed by atoms with E-state index in [9.17, 15) is 14.4 Å². The standard InChI is InChI=1S/C17H21N3O3/c1-2-15(21)18-13-4-3-7-20(10-13)17(23)12-6-5-11-9-16(22)19-14(11)8-12/h5-6,8,13H,2-4,7,9-10H2,1H3,(H,18,21)(H,19,22). The molecule has 6 heteroatoms. The van der Waals surface area contributed by atoms with Crippen LogP contribution in [0.2, 0.25) is 0 Å². The number of carbonyl (C=O) groups excluding carboxylic acids is 3. The van der Waals surface area contributed by atoms with E-state index >= 15 is 0 Å². The highest BCUT2D eigenvalue weighted by Crippen LogP contribution is 2.25. The van der Waals surface area contributed by atoms with Crippen LogP contribution in [0.4, 0.5) is 5.69 Å². The van der Waals surface area contributed by atoms with Crippen molar-refractivity contribution in [3.63, 3.8) is 0 Å². The van der Waals surface area contributed by atoms with Gasteiger partial charge in [0.25, 0.3) is 5.91 Å². The summed E-state index contributed by atoms with van der Waals surface area (Å²) in [6.07, 6.45) is 2.60. The van der Waals surface area contributed by atoms with Crippen molar-refractivity contribution in [2.45, 2.75) is 38.6 Å². The number of benzene rings is 1. The van der Waals surface area contributed by atoms with Crippen molar-refractivity contribution in [2.24, 2.45) is 0 Å². The predicted molar refractivity (Wildman–Crippen MR) is 86.1 cm³/mol. The smallest absolute Gasteiger partial charge is 0.253 e. The maximum Gasteiger partial charge on any atom is 0.253 e. The maximum absolute atomic E-state index is 12.7. The van der Waals surface area contributed by atoms with Crippen LogP contribution in [0.15, 0.2) is 18.2 Å². The fourth-order valence-corrected chi connectivity index (χ4v) is 3.14. The lowest BCUT2D eigenvalue weighted by Gasteiger charge is -2.33. The van der Waals surface area contributed by atoms with Crippen LogP contribution in [0.3, 0.4) is 0 Å². The molecule has 0 aliphatic carbocycles. The number of amides is 3. The van der Waals surface area contributed by atoms with Gasteiger partial charge >= 0.3 is 0 Å². The van der Waals surface area contributed by atoms with Gasteiger partial charge in [0.15, 0.2) is 0 Å². The molecule has 1 aromatic carbocycles. The molecule has 1 fully saturated rings. The Morgan fingerprint density at radius 1 is 1.39 bits per heavy atom. The van der Waals surface area contributed by atoms with E-state index in [0.717, 1.165) is 24.1 Å². The van der Waals surface area contributed by atoms with Crippen LogP contribution in [0.1, 0.15) is 42.1 Å². The minimum absolute atomic E-state index is 0.0181. The molecule has 1 saturated heterocycles. The van der Waals surface area contributed by atoms with Crippen LogP contribution in [-0.4, -0.2) is 41.8 Å². The highest BCUT2D eigenvalue weighted by molar-refractivity contribution is 6.02. The summed E-state index contributed by atoms with van der Waals surface area (Å²) in [6.45, 7) is 3.05. The van der Waals surface area contributed by atoms with E-state index in [1.807, 2.05) is 13.0 Å². The molecule has 1 unspecified atom stereocenters. The summed E-state index contributed by atoms with van der Waals surface area (Å²) in [5, 5.41) is 5.73. The first-order valence-electron chi connectivity index (χ1n) is 8.08. The highest BCUT2D eigenvalue weighted by atomic mass is 16.2. The number of piperidine rings is 1.